The fourth-order valence-electron chi connectivity index (χ4n) is 3.26. The Kier molecular flexibility index (Phi) is 6.35. The summed E-state index contributed by atoms with van der Waals surface area (Å²) >= 11 is 5.86. The third-order valence-electron chi connectivity index (χ3n) is 4.84. The maximum atomic E-state index is 12.5. The number of nitrogens with zero attached hydrogens (tertiary/aromatic N) is 1. The highest BCUT2D eigenvalue weighted by Crippen LogP contribution is 2.20. The summed E-state index contributed by atoms with van der Waals surface area (Å²) in [4.78, 5) is 26.4. The summed E-state index contributed by atoms with van der Waals surface area (Å²) in [7, 11) is 0. The summed E-state index contributed by atoms with van der Waals surface area (Å²) in [5, 5.41) is 13.6. The number of likely N-dealkylation sites (tertiary alicyclic amines) is 1. The van der Waals surface area contributed by atoms with Crippen LogP contribution in [0.3, 0.4) is 0 Å². The summed E-state index contributed by atoms with van der Waals surface area (Å²) in [5.74, 6) is -0.142. The minimum atomic E-state index is -0.166. The molecule has 2 amide bonds. The second-order valence-electron chi connectivity index (χ2n) is 6.78. The van der Waals surface area contributed by atoms with E-state index >= 15 is 0 Å². The number of phenols is 1. The van der Waals surface area contributed by atoms with Gasteiger partial charge in [0.1, 0.15) is 5.75 Å². The Hall–Kier alpha value is -2.53. The zero-order valence-electron chi connectivity index (χ0n) is 15.0. The Morgan fingerprint density at radius 1 is 1.07 bits per heavy atom. The van der Waals surface area contributed by atoms with Crippen LogP contribution < -0.4 is 5.32 Å². The van der Waals surface area contributed by atoms with Gasteiger partial charge in [0.25, 0.3) is 5.91 Å². The first-order valence-corrected chi connectivity index (χ1v) is 9.52. The number of para-hydroxylation sites is 1. The van der Waals surface area contributed by atoms with E-state index in [2.05, 4.69) is 5.32 Å². The van der Waals surface area contributed by atoms with Gasteiger partial charge in [-0.1, -0.05) is 35.9 Å². The van der Waals surface area contributed by atoms with Crippen molar-refractivity contribution in [2.75, 3.05) is 13.1 Å². The van der Waals surface area contributed by atoms with Crippen molar-refractivity contribution in [2.24, 2.45) is 0 Å². The molecule has 6 heteroatoms. The molecule has 2 aromatic rings. The highest BCUT2D eigenvalue weighted by molar-refractivity contribution is 6.30. The van der Waals surface area contributed by atoms with Gasteiger partial charge >= 0.3 is 0 Å². The van der Waals surface area contributed by atoms with Crippen molar-refractivity contribution >= 4 is 23.4 Å². The molecule has 1 aliphatic heterocycles. The van der Waals surface area contributed by atoms with E-state index in [9.17, 15) is 14.7 Å². The number of aryl methyl sites for hydroxylation is 1. The summed E-state index contributed by atoms with van der Waals surface area (Å²) < 4.78 is 0. The van der Waals surface area contributed by atoms with E-state index in [0.29, 0.717) is 49.4 Å². The zero-order valence-corrected chi connectivity index (χ0v) is 15.8. The number of rotatable bonds is 5. The normalized spacial score (nSPS) is 14.8. The van der Waals surface area contributed by atoms with Crippen LogP contribution in [0.4, 0.5) is 0 Å². The minimum Gasteiger partial charge on any atom is -0.507 e. The molecule has 0 unspecified atom stereocenters. The zero-order chi connectivity index (χ0) is 19.2. The quantitative estimate of drug-likeness (QED) is 0.827. The molecule has 1 heterocycles. The average Bonchev–Trinajstić information content (AvgIpc) is 2.68. The summed E-state index contributed by atoms with van der Waals surface area (Å²) in [6.45, 7) is 1.13. The molecule has 1 aliphatic rings. The Bertz CT molecular complexity index is 799. The van der Waals surface area contributed by atoms with Gasteiger partial charge in [-0.05, 0) is 49.1 Å². The van der Waals surface area contributed by atoms with Crippen LogP contribution in [0.2, 0.25) is 5.02 Å². The van der Waals surface area contributed by atoms with E-state index in [1.807, 2.05) is 24.3 Å². The molecular weight excluding hydrogens is 364 g/mol. The van der Waals surface area contributed by atoms with Crippen molar-refractivity contribution in [1.82, 2.24) is 10.2 Å². The molecule has 0 spiro atoms. The first-order chi connectivity index (χ1) is 13.0. The van der Waals surface area contributed by atoms with Gasteiger partial charge in [0.2, 0.25) is 5.91 Å². The molecule has 5 nitrogen and oxygen atoms in total. The van der Waals surface area contributed by atoms with Gasteiger partial charge in [0, 0.05) is 30.6 Å². The molecule has 0 bridgehead atoms. The molecule has 0 saturated carbocycles. The molecule has 0 atom stereocenters. The van der Waals surface area contributed by atoms with Gasteiger partial charge < -0.3 is 15.3 Å². The fraction of sp³-hybridized carbons (Fsp3) is 0.333. The molecule has 1 fully saturated rings. The first kappa shape index (κ1) is 19.2. The molecule has 3 rings (SSSR count). The van der Waals surface area contributed by atoms with E-state index in [1.54, 1.807) is 23.1 Å². The largest absolute Gasteiger partial charge is 0.507 e. The van der Waals surface area contributed by atoms with Crippen molar-refractivity contribution in [1.29, 1.82) is 0 Å². The lowest BCUT2D eigenvalue weighted by molar-refractivity contribution is -0.122. The van der Waals surface area contributed by atoms with E-state index in [4.69, 9.17) is 11.6 Å². The Labute approximate surface area is 163 Å². The second kappa shape index (κ2) is 8.91. The number of carbonyl (C=O) groups is 2. The standard InChI is InChI=1S/C21H23ClN2O3/c22-16-8-5-15(6-9-16)7-10-20(26)23-17-11-13-24(14-12-17)21(27)18-3-1-2-4-19(18)25/h1-6,8-9,17,25H,7,10-14H2,(H,23,26). The van der Waals surface area contributed by atoms with Crippen LogP contribution in [0.15, 0.2) is 48.5 Å². The summed E-state index contributed by atoms with van der Waals surface area (Å²) in [5.41, 5.74) is 1.40. The van der Waals surface area contributed by atoms with Gasteiger partial charge in [-0.2, -0.15) is 0 Å². The minimum absolute atomic E-state index is 0.000116. The maximum absolute atomic E-state index is 12.5. The van der Waals surface area contributed by atoms with Crippen LogP contribution in [0.25, 0.3) is 0 Å². The smallest absolute Gasteiger partial charge is 0.257 e. The predicted molar refractivity (Wildman–Crippen MR) is 105 cm³/mol. The van der Waals surface area contributed by atoms with Crippen LogP contribution >= 0.6 is 11.6 Å². The van der Waals surface area contributed by atoms with Crippen molar-refractivity contribution in [3.05, 3.63) is 64.7 Å². The van der Waals surface area contributed by atoms with Gasteiger partial charge in [0.15, 0.2) is 0 Å². The number of halogens is 1. The number of hydrogen-bond donors (Lipinski definition) is 2. The lowest BCUT2D eigenvalue weighted by Crippen LogP contribution is -2.46. The van der Waals surface area contributed by atoms with Crippen LogP contribution in [-0.2, 0) is 11.2 Å². The highest BCUT2D eigenvalue weighted by Gasteiger charge is 2.25. The average molecular weight is 387 g/mol. The molecule has 0 aromatic heterocycles. The van der Waals surface area contributed by atoms with Crippen molar-refractivity contribution in [3.8, 4) is 5.75 Å². The van der Waals surface area contributed by atoms with E-state index in [0.717, 1.165) is 5.56 Å². The van der Waals surface area contributed by atoms with E-state index in [1.165, 1.54) is 6.07 Å². The third kappa shape index (κ3) is 5.23. The number of phenolic OH excluding ortho intramolecular Hbond substituents is 1. The van der Waals surface area contributed by atoms with Crippen LogP contribution in [0.5, 0.6) is 5.75 Å². The first-order valence-electron chi connectivity index (χ1n) is 9.14. The number of piperidine rings is 1. The van der Waals surface area contributed by atoms with Crippen molar-refractivity contribution in [3.63, 3.8) is 0 Å². The van der Waals surface area contributed by atoms with Crippen molar-refractivity contribution in [2.45, 2.75) is 31.7 Å². The van der Waals surface area contributed by atoms with E-state index < -0.39 is 0 Å². The highest BCUT2D eigenvalue weighted by atomic mass is 35.5. The Morgan fingerprint density at radius 2 is 1.74 bits per heavy atom. The third-order valence-corrected chi connectivity index (χ3v) is 5.09. The molecule has 0 aliphatic carbocycles. The predicted octanol–water partition coefficient (Wildman–Crippen LogP) is 3.40. The van der Waals surface area contributed by atoms with Crippen LogP contribution in [0, 0.1) is 0 Å². The number of aromatic hydroxyl groups is 1. The van der Waals surface area contributed by atoms with E-state index in [-0.39, 0.29) is 23.6 Å². The van der Waals surface area contributed by atoms with Crippen molar-refractivity contribution < 1.29 is 14.7 Å². The fourth-order valence-corrected chi connectivity index (χ4v) is 3.39. The number of nitrogens with one attached hydrogen (secondary N) is 1. The molecule has 142 valence electrons. The summed E-state index contributed by atoms with van der Waals surface area (Å²) in [6, 6.07) is 14.2. The summed E-state index contributed by atoms with van der Waals surface area (Å²) in [6.07, 6.45) is 2.53. The van der Waals surface area contributed by atoms with Crippen LogP contribution in [-0.4, -0.2) is 41.0 Å². The Balaban J connectivity index is 1.43. The maximum Gasteiger partial charge on any atom is 0.257 e. The molecule has 0 radical (unpaired) electrons. The SMILES string of the molecule is O=C(CCc1ccc(Cl)cc1)NC1CCN(C(=O)c2ccccc2O)CC1. The Morgan fingerprint density at radius 3 is 2.41 bits per heavy atom. The van der Waals surface area contributed by atoms with Gasteiger partial charge in [-0.3, -0.25) is 9.59 Å². The molecule has 2 aromatic carbocycles. The monoisotopic (exact) mass is 386 g/mol. The molecule has 27 heavy (non-hydrogen) atoms. The lowest BCUT2D eigenvalue weighted by atomic mass is 10.0. The topological polar surface area (TPSA) is 69.6 Å². The molecule has 2 N–H and O–H groups in total. The second-order valence-corrected chi connectivity index (χ2v) is 7.21. The van der Waals surface area contributed by atoms with Gasteiger partial charge in [-0.25, -0.2) is 0 Å². The number of hydrogen-bond acceptors (Lipinski definition) is 3. The number of benzene rings is 2. The van der Waals surface area contributed by atoms with Gasteiger partial charge in [-0.15, -0.1) is 0 Å². The molecule has 1 saturated heterocycles. The number of carbonyl (C=O) groups excluding carboxylic acids is 2. The molecular formula is C21H23ClN2O3. The number of amides is 2. The van der Waals surface area contributed by atoms with Gasteiger partial charge in [0.05, 0.1) is 5.56 Å². The lowest BCUT2D eigenvalue weighted by Gasteiger charge is -2.32. The van der Waals surface area contributed by atoms with Crippen LogP contribution in [0.1, 0.15) is 35.2 Å².